The molecule has 0 saturated carbocycles. The van der Waals surface area contributed by atoms with Gasteiger partial charge < -0.3 is 29.0 Å². The van der Waals surface area contributed by atoms with Crippen molar-refractivity contribution in [3.63, 3.8) is 0 Å². The number of thiazole rings is 1. The first-order valence-electron chi connectivity index (χ1n) is 11.6. The number of para-hydroxylation sites is 1. The first kappa shape index (κ1) is 28.8. The Morgan fingerprint density at radius 1 is 0.947 bits per heavy atom. The van der Waals surface area contributed by atoms with Crippen LogP contribution in [0.15, 0.2) is 29.1 Å². The van der Waals surface area contributed by atoms with Gasteiger partial charge in [-0.15, -0.1) is 0 Å². The molecule has 2 heterocycles. The largest absolute Gasteiger partial charge is 0.463 e. The fraction of sp³-hybridized carbons (Fsp3) is 0.500. The molecule has 5 atom stereocenters. The van der Waals surface area contributed by atoms with Gasteiger partial charge in [0.2, 0.25) is 12.2 Å². The first-order valence-corrected chi connectivity index (χ1v) is 12.5. The summed E-state index contributed by atoms with van der Waals surface area (Å²) < 4.78 is 29.2. The molecule has 2 aromatic rings. The molecule has 0 unspecified atom stereocenters. The maximum absolute atomic E-state index is 12.8. The van der Waals surface area contributed by atoms with Gasteiger partial charge in [-0.2, -0.15) is 0 Å². The van der Waals surface area contributed by atoms with E-state index in [-0.39, 0.29) is 17.8 Å². The van der Waals surface area contributed by atoms with Crippen LogP contribution in [-0.2, 0) is 54.2 Å². The van der Waals surface area contributed by atoms with Crippen molar-refractivity contribution in [1.82, 2.24) is 9.88 Å². The van der Waals surface area contributed by atoms with Crippen molar-refractivity contribution in [3.05, 3.63) is 33.9 Å². The number of hydrogen-bond donors (Lipinski definition) is 1. The topological polar surface area (TPSA) is 166 Å². The molecule has 1 aliphatic rings. The van der Waals surface area contributed by atoms with E-state index in [1.54, 1.807) is 24.3 Å². The van der Waals surface area contributed by atoms with Crippen LogP contribution in [-0.4, -0.2) is 71.6 Å². The minimum Gasteiger partial charge on any atom is -0.463 e. The number of fused-ring (bicyclic) bond motifs is 1. The van der Waals surface area contributed by atoms with Crippen LogP contribution in [0.5, 0.6) is 0 Å². The number of nitrogens with zero attached hydrogens (tertiary/aromatic N) is 1. The molecule has 0 bridgehead atoms. The second kappa shape index (κ2) is 12.6. The highest BCUT2D eigenvalue weighted by atomic mass is 32.1. The monoisotopic (exact) mass is 552 g/mol. The molecule has 1 N–H and O–H groups in total. The Balaban J connectivity index is 1.85. The first-order chi connectivity index (χ1) is 18.0. The number of ether oxygens (including phenoxy) is 5. The molecule has 0 aliphatic carbocycles. The van der Waals surface area contributed by atoms with E-state index in [1.165, 1.54) is 11.5 Å². The number of carbonyl (C=O) groups is 5. The summed E-state index contributed by atoms with van der Waals surface area (Å²) >= 11 is 1.04. The van der Waals surface area contributed by atoms with Gasteiger partial charge in [0, 0.05) is 34.2 Å². The normalized spacial score (nSPS) is 22.8. The maximum Gasteiger partial charge on any atom is 0.309 e. The number of hydrogen-bond acceptors (Lipinski definition) is 12. The number of esters is 4. The standard InChI is InChI=1S/C24H28N2O11S/c1-12(27)25-20-22(35-15(4)30)21(34-14(3)29)17(11-33-13(2)28)36-23(20)37-19(31)9-10-26-16-7-5-6-8-18(16)38-24(26)32/h5-8,17,20-23H,9-11H2,1-4H3,(H,25,27)/t17-,20+,21-,22+,23+/m1/s1. The number of nitrogens with one attached hydrogen (secondary N) is 1. The van der Waals surface area contributed by atoms with Crippen LogP contribution in [0.2, 0.25) is 0 Å². The smallest absolute Gasteiger partial charge is 0.309 e. The van der Waals surface area contributed by atoms with Crippen LogP contribution < -0.4 is 10.2 Å². The fourth-order valence-corrected chi connectivity index (χ4v) is 4.93. The van der Waals surface area contributed by atoms with Crippen molar-refractivity contribution in [2.75, 3.05) is 6.61 Å². The number of benzene rings is 1. The summed E-state index contributed by atoms with van der Waals surface area (Å²) in [4.78, 5) is 72.1. The zero-order valence-corrected chi connectivity index (χ0v) is 22.0. The lowest BCUT2D eigenvalue weighted by molar-refractivity contribution is -0.271. The molecule has 3 rings (SSSR count). The van der Waals surface area contributed by atoms with E-state index in [2.05, 4.69) is 5.32 Å². The van der Waals surface area contributed by atoms with E-state index in [4.69, 9.17) is 23.7 Å². The van der Waals surface area contributed by atoms with Gasteiger partial charge in [-0.25, -0.2) is 0 Å². The molecular formula is C24H28N2O11S. The Morgan fingerprint density at radius 2 is 1.61 bits per heavy atom. The van der Waals surface area contributed by atoms with Crippen LogP contribution in [0.25, 0.3) is 10.2 Å². The average molecular weight is 553 g/mol. The molecular weight excluding hydrogens is 524 g/mol. The number of carbonyl (C=O) groups excluding carboxylic acids is 5. The van der Waals surface area contributed by atoms with Crippen LogP contribution in [0.3, 0.4) is 0 Å². The number of aromatic nitrogens is 1. The molecule has 38 heavy (non-hydrogen) atoms. The second-order valence-corrected chi connectivity index (χ2v) is 9.44. The molecule has 1 aromatic heterocycles. The summed E-state index contributed by atoms with van der Waals surface area (Å²) in [6.07, 6.45) is -5.61. The van der Waals surface area contributed by atoms with Crippen LogP contribution in [0.4, 0.5) is 0 Å². The Labute approximate surface area is 220 Å². The highest BCUT2D eigenvalue weighted by molar-refractivity contribution is 7.16. The SMILES string of the molecule is CC(=O)N[C@@H]1[C@H](OC(=O)CCn2c(=O)sc3ccccc32)O[C@H](COC(C)=O)[C@@H](OC(C)=O)[C@H]1OC(C)=O. The van der Waals surface area contributed by atoms with E-state index < -0.39 is 67.0 Å². The molecule has 13 nitrogen and oxygen atoms in total. The van der Waals surface area contributed by atoms with Crippen molar-refractivity contribution in [2.45, 2.75) is 71.3 Å². The summed E-state index contributed by atoms with van der Waals surface area (Å²) in [6.45, 7) is 4.14. The van der Waals surface area contributed by atoms with E-state index in [0.717, 1.165) is 36.8 Å². The highest BCUT2D eigenvalue weighted by Gasteiger charge is 2.52. The van der Waals surface area contributed by atoms with Crippen molar-refractivity contribution >= 4 is 51.3 Å². The summed E-state index contributed by atoms with van der Waals surface area (Å²) in [7, 11) is 0. The lowest BCUT2D eigenvalue weighted by Crippen LogP contribution is -2.66. The van der Waals surface area contributed by atoms with E-state index in [0.29, 0.717) is 5.52 Å². The van der Waals surface area contributed by atoms with E-state index in [1.807, 2.05) is 0 Å². The van der Waals surface area contributed by atoms with Gasteiger partial charge in [0.05, 0.1) is 16.6 Å². The fourth-order valence-electron chi connectivity index (χ4n) is 4.01. The van der Waals surface area contributed by atoms with Gasteiger partial charge >= 0.3 is 28.8 Å². The zero-order chi connectivity index (χ0) is 28.0. The highest BCUT2D eigenvalue weighted by Crippen LogP contribution is 2.28. The molecule has 0 spiro atoms. The molecule has 1 aromatic carbocycles. The van der Waals surface area contributed by atoms with Gasteiger partial charge in [0.15, 0.2) is 12.2 Å². The number of aryl methyl sites for hydroxylation is 1. The third-order valence-corrected chi connectivity index (χ3v) is 6.39. The molecule has 1 saturated heterocycles. The maximum atomic E-state index is 12.8. The Hall–Kier alpha value is -3.78. The average Bonchev–Trinajstić information content (AvgIpc) is 3.14. The predicted octanol–water partition coefficient (Wildman–Crippen LogP) is 0.652. The Kier molecular flexibility index (Phi) is 9.58. The lowest BCUT2D eigenvalue weighted by Gasteiger charge is -2.44. The third kappa shape index (κ3) is 7.38. The quantitative estimate of drug-likeness (QED) is 0.343. The van der Waals surface area contributed by atoms with Crippen LogP contribution >= 0.6 is 11.3 Å². The minimum absolute atomic E-state index is 0.0134. The summed E-state index contributed by atoms with van der Waals surface area (Å²) in [5.74, 6) is -3.55. The molecule has 206 valence electrons. The van der Waals surface area contributed by atoms with Crippen molar-refractivity contribution in [2.24, 2.45) is 0 Å². The summed E-state index contributed by atoms with van der Waals surface area (Å²) in [6, 6.07) is 5.85. The van der Waals surface area contributed by atoms with Gasteiger partial charge in [-0.3, -0.25) is 33.3 Å². The van der Waals surface area contributed by atoms with Gasteiger partial charge in [0.25, 0.3) is 0 Å². The molecule has 1 aliphatic heterocycles. The number of rotatable bonds is 9. The molecule has 0 radical (unpaired) electrons. The Morgan fingerprint density at radius 3 is 2.24 bits per heavy atom. The summed E-state index contributed by atoms with van der Waals surface area (Å²) in [5, 5.41) is 2.51. The molecule has 14 heteroatoms. The molecule has 1 amide bonds. The van der Waals surface area contributed by atoms with Crippen LogP contribution in [0, 0.1) is 0 Å². The van der Waals surface area contributed by atoms with E-state index >= 15 is 0 Å². The van der Waals surface area contributed by atoms with Crippen molar-refractivity contribution < 1.29 is 47.7 Å². The lowest BCUT2D eigenvalue weighted by atomic mass is 9.96. The number of amides is 1. The Bertz CT molecular complexity index is 1270. The zero-order valence-electron chi connectivity index (χ0n) is 21.2. The van der Waals surface area contributed by atoms with E-state index in [9.17, 15) is 28.8 Å². The van der Waals surface area contributed by atoms with Crippen molar-refractivity contribution in [3.8, 4) is 0 Å². The van der Waals surface area contributed by atoms with Crippen molar-refractivity contribution in [1.29, 1.82) is 0 Å². The second-order valence-electron chi connectivity index (χ2n) is 8.45. The van der Waals surface area contributed by atoms with Gasteiger partial charge in [-0.05, 0) is 12.1 Å². The third-order valence-electron chi connectivity index (χ3n) is 5.43. The van der Waals surface area contributed by atoms with Crippen LogP contribution in [0.1, 0.15) is 34.1 Å². The predicted molar refractivity (Wildman–Crippen MR) is 131 cm³/mol. The van der Waals surface area contributed by atoms with Gasteiger partial charge in [-0.1, -0.05) is 23.5 Å². The molecule has 1 fully saturated rings. The summed E-state index contributed by atoms with van der Waals surface area (Å²) in [5.41, 5.74) is 0.668. The minimum atomic E-state index is -1.51. The van der Waals surface area contributed by atoms with Gasteiger partial charge in [0.1, 0.15) is 18.8 Å².